The van der Waals surface area contributed by atoms with Crippen molar-refractivity contribution in [3.05, 3.63) is 70.4 Å². The highest BCUT2D eigenvalue weighted by Crippen LogP contribution is 2.33. The molecule has 13 heteroatoms. The van der Waals surface area contributed by atoms with E-state index in [9.17, 15) is 16.8 Å². The number of morpholine rings is 1. The largest absolute Gasteiger partial charge is 0.379 e. The van der Waals surface area contributed by atoms with Crippen molar-refractivity contribution in [2.75, 3.05) is 52.2 Å². The van der Waals surface area contributed by atoms with Crippen LogP contribution in [0.4, 0.5) is 0 Å². The number of sulfonamides is 2. The molecule has 2 aromatic carbocycles. The fourth-order valence-electron chi connectivity index (χ4n) is 5.16. The van der Waals surface area contributed by atoms with Crippen LogP contribution in [0.25, 0.3) is 11.3 Å². The molecule has 1 N–H and O–H groups in total. The summed E-state index contributed by atoms with van der Waals surface area (Å²) >= 11 is 6.45. The second-order valence-electron chi connectivity index (χ2n) is 10.3. The molecule has 0 bridgehead atoms. The standard InChI is InChI=1S/C29H34ClN5O5S2/c1-41(36,37)34-16-12-28-26(22-34)29(32-35(28)15-6-14-33-17-19-40-20-18-33)24-10-11-27(30)23(21-24)7-5-13-31-42(38,39)25-8-3-2-4-9-25/h2-4,8-11,21,31H,6,12-20,22H2,1H3. The zero-order chi connectivity index (χ0) is 29.7. The molecule has 224 valence electrons. The number of aromatic nitrogens is 2. The highest BCUT2D eigenvalue weighted by atomic mass is 35.5. The predicted octanol–water partition coefficient (Wildman–Crippen LogP) is 2.57. The third kappa shape index (κ3) is 7.41. The fraction of sp³-hybridized carbons (Fsp3) is 0.414. The Morgan fingerprint density at radius 1 is 1.02 bits per heavy atom. The lowest BCUT2D eigenvalue weighted by molar-refractivity contribution is 0.0368. The van der Waals surface area contributed by atoms with Crippen LogP contribution in [0.2, 0.25) is 5.02 Å². The molecular weight excluding hydrogens is 598 g/mol. The van der Waals surface area contributed by atoms with Gasteiger partial charge >= 0.3 is 0 Å². The second-order valence-corrected chi connectivity index (χ2v) is 14.4. The van der Waals surface area contributed by atoms with Crippen LogP contribution in [0.1, 0.15) is 23.2 Å². The molecule has 2 aliphatic rings. The van der Waals surface area contributed by atoms with Crippen molar-refractivity contribution in [1.29, 1.82) is 0 Å². The summed E-state index contributed by atoms with van der Waals surface area (Å²) in [6.45, 7) is 5.59. The van der Waals surface area contributed by atoms with E-state index in [0.717, 1.165) is 62.6 Å². The zero-order valence-electron chi connectivity index (χ0n) is 23.4. The molecule has 0 aliphatic carbocycles. The van der Waals surface area contributed by atoms with Gasteiger partial charge in [-0.3, -0.25) is 9.58 Å². The van der Waals surface area contributed by atoms with Crippen molar-refractivity contribution >= 4 is 31.6 Å². The topological polar surface area (TPSA) is 114 Å². The van der Waals surface area contributed by atoms with Crippen LogP contribution < -0.4 is 4.72 Å². The first kappa shape index (κ1) is 30.7. The summed E-state index contributed by atoms with van der Waals surface area (Å²) in [6.07, 6.45) is 2.72. The van der Waals surface area contributed by atoms with Crippen LogP contribution in [0.15, 0.2) is 53.4 Å². The first-order chi connectivity index (χ1) is 20.1. The first-order valence-corrected chi connectivity index (χ1v) is 17.5. The van der Waals surface area contributed by atoms with Gasteiger partial charge < -0.3 is 4.74 Å². The molecule has 0 radical (unpaired) electrons. The number of ether oxygens (including phenoxy) is 1. The number of rotatable bonds is 9. The van der Waals surface area contributed by atoms with Gasteiger partial charge in [-0.15, -0.1) is 0 Å². The first-order valence-electron chi connectivity index (χ1n) is 13.8. The van der Waals surface area contributed by atoms with E-state index >= 15 is 0 Å². The van der Waals surface area contributed by atoms with Gasteiger partial charge in [0.15, 0.2) is 0 Å². The maximum atomic E-state index is 12.5. The lowest BCUT2D eigenvalue weighted by atomic mass is 10.0. The molecule has 2 aliphatic heterocycles. The van der Waals surface area contributed by atoms with E-state index in [1.54, 1.807) is 24.3 Å². The Morgan fingerprint density at radius 3 is 2.52 bits per heavy atom. The van der Waals surface area contributed by atoms with Gasteiger partial charge in [0.25, 0.3) is 0 Å². The molecule has 10 nitrogen and oxygen atoms in total. The molecule has 0 unspecified atom stereocenters. The third-order valence-corrected chi connectivity index (χ3v) is 10.4. The van der Waals surface area contributed by atoms with Crippen molar-refractivity contribution in [2.24, 2.45) is 0 Å². The van der Waals surface area contributed by atoms with E-state index in [1.807, 2.05) is 16.8 Å². The van der Waals surface area contributed by atoms with Crippen LogP contribution in [0.3, 0.4) is 0 Å². The molecule has 5 rings (SSSR count). The lowest BCUT2D eigenvalue weighted by Gasteiger charge is -2.27. The number of benzene rings is 2. The molecule has 1 aromatic heterocycles. The molecule has 0 spiro atoms. The van der Waals surface area contributed by atoms with Crippen molar-refractivity contribution in [3.63, 3.8) is 0 Å². The van der Waals surface area contributed by atoms with E-state index < -0.39 is 20.0 Å². The van der Waals surface area contributed by atoms with E-state index in [4.69, 9.17) is 21.4 Å². The predicted molar refractivity (Wildman–Crippen MR) is 162 cm³/mol. The summed E-state index contributed by atoms with van der Waals surface area (Å²) in [5.74, 6) is 5.82. The fourth-order valence-corrected chi connectivity index (χ4v) is 7.05. The van der Waals surface area contributed by atoms with Gasteiger partial charge in [0.1, 0.15) is 0 Å². The van der Waals surface area contributed by atoms with Crippen LogP contribution in [-0.4, -0.2) is 88.0 Å². The van der Waals surface area contributed by atoms with Crippen LogP contribution in [0.5, 0.6) is 0 Å². The summed E-state index contributed by atoms with van der Waals surface area (Å²) in [5.41, 5.74) is 3.93. The highest BCUT2D eigenvalue weighted by molar-refractivity contribution is 7.89. The minimum atomic E-state index is -3.68. The Morgan fingerprint density at radius 2 is 1.79 bits per heavy atom. The molecule has 42 heavy (non-hydrogen) atoms. The number of nitrogens with zero attached hydrogens (tertiary/aromatic N) is 4. The van der Waals surface area contributed by atoms with Gasteiger partial charge in [0.05, 0.1) is 41.6 Å². The summed E-state index contributed by atoms with van der Waals surface area (Å²) in [7, 11) is -7.05. The molecule has 0 saturated carbocycles. The SMILES string of the molecule is CS(=O)(=O)N1CCc2c(c(-c3ccc(Cl)c(C#CCNS(=O)(=O)c4ccccc4)c3)nn2CCCN2CCOCC2)C1. The Hall–Kier alpha value is -2.76. The third-order valence-electron chi connectivity index (χ3n) is 7.38. The Balaban J connectivity index is 1.37. The lowest BCUT2D eigenvalue weighted by Crippen LogP contribution is -2.37. The van der Waals surface area contributed by atoms with E-state index in [1.165, 1.54) is 22.7 Å². The molecular formula is C29H34ClN5O5S2. The van der Waals surface area contributed by atoms with Crippen molar-refractivity contribution in [2.45, 2.75) is 30.8 Å². The molecule has 3 heterocycles. The number of hydrogen-bond acceptors (Lipinski definition) is 7. The van der Waals surface area contributed by atoms with Crippen molar-refractivity contribution in [1.82, 2.24) is 23.7 Å². The quantitative estimate of drug-likeness (QED) is 0.361. The van der Waals surface area contributed by atoms with Gasteiger partial charge in [0, 0.05) is 68.1 Å². The Labute approximate surface area is 252 Å². The second kappa shape index (κ2) is 13.3. The molecule has 1 fully saturated rings. The van der Waals surface area contributed by atoms with Gasteiger partial charge in [-0.25, -0.2) is 16.8 Å². The van der Waals surface area contributed by atoms with Gasteiger partial charge in [-0.1, -0.05) is 47.7 Å². The summed E-state index contributed by atoms with van der Waals surface area (Å²) in [4.78, 5) is 2.55. The molecule has 0 atom stereocenters. The maximum Gasteiger partial charge on any atom is 0.241 e. The molecule has 3 aromatic rings. The van der Waals surface area contributed by atoms with Gasteiger partial charge in [-0.05, 0) is 30.7 Å². The van der Waals surface area contributed by atoms with Crippen LogP contribution in [-0.2, 0) is 44.3 Å². The number of aryl methyl sites for hydroxylation is 1. The maximum absolute atomic E-state index is 12.5. The molecule has 1 saturated heterocycles. The number of nitrogens with one attached hydrogen (secondary N) is 1. The monoisotopic (exact) mass is 631 g/mol. The zero-order valence-corrected chi connectivity index (χ0v) is 25.8. The Bertz CT molecular complexity index is 1690. The van der Waals surface area contributed by atoms with E-state index in [-0.39, 0.29) is 18.0 Å². The normalized spacial score (nSPS) is 16.5. The number of fused-ring (bicyclic) bond motifs is 1. The number of hydrogen-bond donors (Lipinski definition) is 1. The summed E-state index contributed by atoms with van der Waals surface area (Å²) in [5, 5.41) is 5.39. The van der Waals surface area contributed by atoms with Gasteiger partial charge in [0.2, 0.25) is 20.0 Å². The Kier molecular flexibility index (Phi) is 9.69. The number of halogens is 1. The van der Waals surface area contributed by atoms with Crippen molar-refractivity contribution < 1.29 is 21.6 Å². The highest BCUT2D eigenvalue weighted by Gasteiger charge is 2.30. The minimum Gasteiger partial charge on any atom is -0.379 e. The van der Waals surface area contributed by atoms with Gasteiger partial charge in [-0.2, -0.15) is 14.1 Å². The minimum absolute atomic E-state index is 0.0890. The van der Waals surface area contributed by atoms with Crippen LogP contribution in [0, 0.1) is 11.8 Å². The van der Waals surface area contributed by atoms with E-state index in [0.29, 0.717) is 29.2 Å². The smallest absolute Gasteiger partial charge is 0.241 e. The average molecular weight is 632 g/mol. The van der Waals surface area contributed by atoms with Crippen molar-refractivity contribution in [3.8, 4) is 23.1 Å². The summed E-state index contributed by atoms with van der Waals surface area (Å²) < 4.78 is 61.2. The average Bonchev–Trinajstić information content (AvgIpc) is 3.34. The van der Waals surface area contributed by atoms with Crippen LogP contribution >= 0.6 is 11.6 Å². The van der Waals surface area contributed by atoms with E-state index in [2.05, 4.69) is 21.5 Å². The summed E-state index contributed by atoms with van der Waals surface area (Å²) in [6, 6.07) is 13.5. The molecule has 0 amide bonds.